The van der Waals surface area contributed by atoms with E-state index in [9.17, 15) is 9.59 Å². The van der Waals surface area contributed by atoms with Crippen molar-refractivity contribution in [3.8, 4) is 0 Å². The Morgan fingerprint density at radius 1 is 1.30 bits per heavy atom. The van der Waals surface area contributed by atoms with Gasteiger partial charge in [0.15, 0.2) is 0 Å². The Labute approximate surface area is 160 Å². The van der Waals surface area contributed by atoms with E-state index in [2.05, 4.69) is 19.4 Å². The van der Waals surface area contributed by atoms with Crippen LogP contribution in [-0.2, 0) is 22.6 Å². The number of furan rings is 1. The van der Waals surface area contributed by atoms with E-state index < -0.39 is 5.54 Å². The van der Waals surface area contributed by atoms with Crippen LogP contribution < -0.4 is 10.6 Å². The Bertz CT molecular complexity index is 953. The highest BCUT2D eigenvalue weighted by Gasteiger charge is 2.38. The first-order chi connectivity index (χ1) is 13.1. The van der Waals surface area contributed by atoms with Crippen molar-refractivity contribution in [2.45, 2.75) is 44.2 Å². The van der Waals surface area contributed by atoms with E-state index in [0.717, 1.165) is 22.4 Å². The van der Waals surface area contributed by atoms with Crippen LogP contribution in [0.4, 0.5) is 0 Å². The number of aromatic nitrogens is 2. The Balaban J connectivity index is 1.33. The van der Waals surface area contributed by atoms with E-state index in [1.165, 1.54) is 11.7 Å². The molecule has 0 saturated carbocycles. The fourth-order valence-corrected chi connectivity index (χ4v) is 4.03. The van der Waals surface area contributed by atoms with E-state index in [-0.39, 0.29) is 11.8 Å². The summed E-state index contributed by atoms with van der Waals surface area (Å²) in [5, 5.41) is 6.01. The molecule has 8 heteroatoms. The minimum absolute atomic E-state index is 0.0344. The van der Waals surface area contributed by atoms with Gasteiger partial charge in [-0.2, -0.15) is 8.75 Å². The molecule has 140 valence electrons. The van der Waals surface area contributed by atoms with Crippen molar-refractivity contribution in [1.82, 2.24) is 19.4 Å². The summed E-state index contributed by atoms with van der Waals surface area (Å²) in [6.07, 6.45) is 4.37. The molecular formula is C19H20N4O3S. The van der Waals surface area contributed by atoms with Gasteiger partial charge in [0.05, 0.1) is 18.0 Å². The second-order valence-corrected chi connectivity index (χ2v) is 7.48. The molecule has 1 saturated heterocycles. The average Bonchev–Trinajstić information content (AvgIpc) is 3.40. The lowest BCUT2D eigenvalue weighted by atomic mass is 9.87. The maximum absolute atomic E-state index is 12.3. The van der Waals surface area contributed by atoms with Crippen LogP contribution in [0.3, 0.4) is 0 Å². The van der Waals surface area contributed by atoms with Crippen LogP contribution in [0.2, 0.25) is 0 Å². The monoisotopic (exact) mass is 384 g/mol. The van der Waals surface area contributed by atoms with Gasteiger partial charge in [0, 0.05) is 31.3 Å². The van der Waals surface area contributed by atoms with Crippen molar-refractivity contribution in [1.29, 1.82) is 0 Å². The number of amides is 2. The van der Waals surface area contributed by atoms with Crippen LogP contribution in [-0.4, -0.2) is 26.1 Å². The molecule has 27 heavy (non-hydrogen) atoms. The van der Waals surface area contributed by atoms with Crippen molar-refractivity contribution >= 4 is 34.6 Å². The van der Waals surface area contributed by atoms with Gasteiger partial charge in [0.2, 0.25) is 11.8 Å². The third kappa shape index (κ3) is 4.16. The molecule has 0 aliphatic carbocycles. The number of benzene rings is 1. The molecule has 3 aromatic rings. The Hall–Kier alpha value is -2.74. The van der Waals surface area contributed by atoms with Gasteiger partial charge >= 0.3 is 0 Å². The zero-order chi connectivity index (χ0) is 18.7. The predicted molar refractivity (Wildman–Crippen MR) is 101 cm³/mol. The van der Waals surface area contributed by atoms with Crippen LogP contribution >= 0.6 is 11.7 Å². The summed E-state index contributed by atoms with van der Waals surface area (Å²) in [5.41, 5.74) is 2.30. The third-order valence-corrected chi connectivity index (χ3v) is 5.52. The number of carbonyl (C=O) groups is 2. The summed E-state index contributed by atoms with van der Waals surface area (Å²) in [5.74, 6) is 0.821. The first-order valence-electron chi connectivity index (χ1n) is 8.93. The molecule has 3 heterocycles. The Morgan fingerprint density at radius 2 is 2.19 bits per heavy atom. The van der Waals surface area contributed by atoms with Crippen molar-refractivity contribution in [3.63, 3.8) is 0 Å². The van der Waals surface area contributed by atoms with E-state index in [1.807, 2.05) is 30.3 Å². The van der Waals surface area contributed by atoms with Gasteiger partial charge in [-0.15, -0.1) is 0 Å². The highest BCUT2D eigenvalue weighted by Crippen LogP contribution is 2.29. The van der Waals surface area contributed by atoms with E-state index in [4.69, 9.17) is 4.42 Å². The molecule has 1 aliphatic rings. The molecule has 0 bridgehead atoms. The van der Waals surface area contributed by atoms with Crippen molar-refractivity contribution in [2.24, 2.45) is 0 Å². The normalized spacial score (nSPS) is 19.3. The van der Waals surface area contributed by atoms with Gasteiger partial charge in [-0.1, -0.05) is 6.07 Å². The minimum Gasteiger partial charge on any atom is -0.469 e. The lowest BCUT2D eigenvalue weighted by Crippen LogP contribution is -2.44. The summed E-state index contributed by atoms with van der Waals surface area (Å²) in [7, 11) is 0. The van der Waals surface area contributed by atoms with Gasteiger partial charge in [-0.25, -0.2) is 0 Å². The molecule has 1 aliphatic heterocycles. The SMILES string of the molecule is O=C(CCC1(Cc2ccco2)CCC(=O)N1)NCc1ccc2nsnc2c1. The summed E-state index contributed by atoms with van der Waals surface area (Å²) in [6.45, 7) is 0.448. The van der Waals surface area contributed by atoms with Crippen LogP contribution in [0.1, 0.15) is 37.0 Å². The van der Waals surface area contributed by atoms with Gasteiger partial charge in [0.1, 0.15) is 16.8 Å². The number of rotatable bonds is 7. The number of fused-ring (bicyclic) bond motifs is 1. The highest BCUT2D eigenvalue weighted by molar-refractivity contribution is 7.00. The van der Waals surface area contributed by atoms with Gasteiger partial charge in [-0.3, -0.25) is 9.59 Å². The fourth-order valence-electron chi connectivity index (χ4n) is 3.51. The topological polar surface area (TPSA) is 97.1 Å². The highest BCUT2D eigenvalue weighted by atomic mass is 32.1. The molecule has 7 nitrogen and oxygen atoms in total. The first kappa shape index (κ1) is 17.7. The lowest BCUT2D eigenvalue weighted by molar-refractivity contribution is -0.122. The van der Waals surface area contributed by atoms with Crippen molar-refractivity contribution < 1.29 is 14.0 Å². The first-order valence-corrected chi connectivity index (χ1v) is 9.66. The zero-order valence-electron chi connectivity index (χ0n) is 14.7. The number of hydrogen-bond acceptors (Lipinski definition) is 6. The van der Waals surface area contributed by atoms with Crippen LogP contribution in [0, 0.1) is 0 Å². The molecule has 0 spiro atoms. The summed E-state index contributed by atoms with van der Waals surface area (Å²) < 4.78 is 13.8. The molecule has 1 fully saturated rings. The molecule has 2 aromatic heterocycles. The maximum Gasteiger partial charge on any atom is 0.220 e. The largest absolute Gasteiger partial charge is 0.469 e. The predicted octanol–water partition coefficient (Wildman–Crippen LogP) is 2.57. The van der Waals surface area contributed by atoms with E-state index in [1.54, 1.807) is 6.26 Å². The van der Waals surface area contributed by atoms with Crippen LogP contribution in [0.15, 0.2) is 41.0 Å². The van der Waals surface area contributed by atoms with Crippen LogP contribution in [0.5, 0.6) is 0 Å². The Morgan fingerprint density at radius 3 is 2.96 bits per heavy atom. The van der Waals surface area contributed by atoms with Gasteiger partial charge < -0.3 is 15.1 Å². The smallest absolute Gasteiger partial charge is 0.220 e. The van der Waals surface area contributed by atoms with E-state index >= 15 is 0 Å². The van der Waals surface area contributed by atoms with Crippen LogP contribution in [0.25, 0.3) is 11.0 Å². The maximum atomic E-state index is 12.3. The van der Waals surface area contributed by atoms with Crippen molar-refractivity contribution in [3.05, 3.63) is 47.9 Å². The van der Waals surface area contributed by atoms with Crippen molar-refractivity contribution in [2.75, 3.05) is 0 Å². The summed E-state index contributed by atoms with van der Waals surface area (Å²) in [4.78, 5) is 24.1. The second kappa shape index (κ2) is 7.48. The second-order valence-electron chi connectivity index (χ2n) is 6.95. The number of hydrogen-bond donors (Lipinski definition) is 2. The number of carbonyl (C=O) groups excluding carboxylic acids is 2. The van der Waals surface area contributed by atoms with Gasteiger partial charge in [0.25, 0.3) is 0 Å². The third-order valence-electron chi connectivity index (χ3n) is 4.97. The van der Waals surface area contributed by atoms with E-state index in [0.29, 0.717) is 38.6 Å². The molecule has 0 radical (unpaired) electrons. The number of nitrogens with one attached hydrogen (secondary N) is 2. The molecule has 1 unspecified atom stereocenters. The molecular weight excluding hydrogens is 364 g/mol. The number of nitrogens with zero attached hydrogens (tertiary/aromatic N) is 2. The fraction of sp³-hybridized carbons (Fsp3) is 0.368. The summed E-state index contributed by atoms with van der Waals surface area (Å²) in [6, 6.07) is 9.53. The quantitative estimate of drug-likeness (QED) is 0.653. The average molecular weight is 384 g/mol. The Kier molecular flexibility index (Phi) is 4.89. The summed E-state index contributed by atoms with van der Waals surface area (Å²) >= 11 is 1.18. The molecule has 2 amide bonds. The molecule has 4 rings (SSSR count). The molecule has 1 aromatic carbocycles. The zero-order valence-corrected chi connectivity index (χ0v) is 15.6. The molecule has 1 atom stereocenters. The van der Waals surface area contributed by atoms with Gasteiger partial charge in [-0.05, 0) is 42.7 Å². The molecule has 2 N–H and O–H groups in total. The minimum atomic E-state index is -0.405. The lowest BCUT2D eigenvalue weighted by Gasteiger charge is -2.28. The standard InChI is InChI=1S/C19H20N4O3S/c24-17(20-12-13-3-4-15-16(10-13)23-27-22-15)5-7-19(8-6-18(25)21-19)11-14-2-1-9-26-14/h1-4,9-10H,5-8,11-12H2,(H,20,24)(H,21,25).